The molecule has 20 heavy (non-hydrogen) atoms. The van der Waals surface area contributed by atoms with Crippen LogP contribution in [0.2, 0.25) is 0 Å². The normalized spacial score (nSPS) is 26.1. The van der Waals surface area contributed by atoms with Crippen LogP contribution >= 0.6 is 0 Å². The maximum absolute atomic E-state index is 11.9. The number of ether oxygens (including phenoxy) is 1. The van der Waals surface area contributed by atoms with E-state index in [0.717, 1.165) is 24.9 Å². The molecule has 0 radical (unpaired) electrons. The quantitative estimate of drug-likeness (QED) is 0.874. The van der Waals surface area contributed by atoms with Crippen molar-refractivity contribution in [2.75, 3.05) is 5.32 Å². The third-order valence-corrected chi connectivity index (χ3v) is 4.02. The minimum atomic E-state index is -0.333. The minimum absolute atomic E-state index is 0.0589. The molecule has 1 fully saturated rings. The van der Waals surface area contributed by atoms with Crippen molar-refractivity contribution in [3.05, 3.63) is 29.8 Å². The fourth-order valence-electron chi connectivity index (χ4n) is 3.09. The standard InChI is InChI=1S/C17H25NO2/c1-4-14-5-7-15(8-6-14)18-17(19)20-16-10-12(2)9-13(3)11-16/h5-8,12-13,16H,4,9-11H2,1-3H3,(H,18,19)/t12-,13+,16+. The summed E-state index contributed by atoms with van der Waals surface area (Å²) in [6, 6.07) is 7.90. The van der Waals surface area contributed by atoms with E-state index in [2.05, 4.69) is 26.1 Å². The zero-order valence-corrected chi connectivity index (χ0v) is 12.7. The first-order valence-corrected chi connectivity index (χ1v) is 7.63. The number of benzene rings is 1. The lowest BCUT2D eigenvalue weighted by Gasteiger charge is -2.30. The number of amides is 1. The molecule has 0 aromatic heterocycles. The van der Waals surface area contributed by atoms with E-state index in [0.29, 0.717) is 11.8 Å². The number of hydrogen-bond donors (Lipinski definition) is 1. The average molecular weight is 275 g/mol. The molecular weight excluding hydrogens is 250 g/mol. The Balaban J connectivity index is 1.85. The van der Waals surface area contributed by atoms with Crippen molar-refractivity contribution in [1.29, 1.82) is 0 Å². The lowest BCUT2D eigenvalue weighted by Crippen LogP contribution is -2.30. The first-order valence-electron chi connectivity index (χ1n) is 7.63. The van der Waals surface area contributed by atoms with E-state index in [1.165, 1.54) is 12.0 Å². The predicted octanol–water partition coefficient (Wildman–Crippen LogP) is 4.62. The van der Waals surface area contributed by atoms with Gasteiger partial charge in [0.2, 0.25) is 0 Å². The molecule has 1 aromatic rings. The average Bonchev–Trinajstić information content (AvgIpc) is 2.38. The van der Waals surface area contributed by atoms with Crippen LogP contribution in [0.1, 0.15) is 45.6 Å². The summed E-state index contributed by atoms with van der Waals surface area (Å²) in [7, 11) is 0. The van der Waals surface area contributed by atoms with E-state index >= 15 is 0 Å². The van der Waals surface area contributed by atoms with Gasteiger partial charge in [0.05, 0.1) is 0 Å². The zero-order valence-electron chi connectivity index (χ0n) is 12.7. The van der Waals surface area contributed by atoms with Crippen molar-refractivity contribution in [1.82, 2.24) is 0 Å². The van der Waals surface area contributed by atoms with Crippen molar-refractivity contribution < 1.29 is 9.53 Å². The van der Waals surface area contributed by atoms with Crippen molar-refractivity contribution in [2.45, 2.75) is 52.6 Å². The second-order valence-electron chi connectivity index (χ2n) is 6.12. The van der Waals surface area contributed by atoms with Gasteiger partial charge in [0.15, 0.2) is 0 Å². The molecule has 110 valence electrons. The summed E-state index contributed by atoms with van der Waals surface area (Å²) in [6.45, 7) is 6.57. The molecule has 0 saturated heterocycles. The second-order valence-corrected chi connectivity index (χ2v) is 6.12. The van der Waals surface area contributed by atoms with E-state index in [1.54, 1.807) is 0 Å². The van der Waals surface area contributed by atoms with Gasteiger partial charge in [-0.25, -0.2) is 4.79 Å². The molecule has 0 aliphatic heterocycles. The van der Waals surface area contributed by atoms with E-state index in [9.17, 15) is 4.79 Å². The highest BCUT2D eigenvalue weighted by atomic mass is 16.6. The van der Waals surface area contributed by atoms with Crippen molar-refractivity contribution in [3.8, 4) is 0 Å². The smallest absolute Gasteiger partial charge is 0.411 e. The fraction of sp³-hybridized carbons (Fsp3) is 0.588. The molecule has 3 heteroatoms. The maximum atomic E-state index is 11.9. The molecule has 1 amide bonds. The number of anilines is 1. The monoisotopic (exact) mass is 275 g/mol. The molecule has 2 rings (SSSR count). The van der Waals surface area contributed by atoms with E-state index in [-0.39, 0.29) is 12.2 Å². The van der Waals surface area contributed by atoms with Crippen molar-refractivity contribution in [2.24, 2.45) is 11.8 Å². The molecule has 3 atom stereocenters. The summed E-state index contributed by atoms with van der Waals surface area (Å²) in [4.78, 5) is 11.9. The van der Waals surface area contributed by atoms with Gasteiger partial charge in [0.1, 0.15) is 6.10 Å². The van der Waals surface area contributed by atoms with Gasteiger partial charge in [-0.05, 0) is 55.2 Å². The number of hydrogen-bond acceptors (Lipinski definition) is 2. The van der Waals surface area contributed by atoms with Gasteiger partial charge in [-0.1, -0.05) is 32.9 Å². The lowest BCUT2D eigenvalue weighted by molar-refractivity contribution is 0.0553. The molecule has 0 bridgehead atoms. The SMILES string of the molecule is CCc1ccc(NC(=O)O[C@H]2C[C@H](C)C[C@H](C)C2)cc1. The molecule has 1 aliphatic rings. The Hall–Kier alpha value is -1.51. The van der Waals surface area contributed by atoms with Gasteiger partial charge in [0.25, 0.3) is 0 Å². The summed E-state index contributed by atoms with van der Waals surface area (Å²) < 4.78 is 5.54. The van der Waals surface area contributed by atoms with Crippen LogP contribution in [0.15, 0.2) is 24.3 Å². The Morgan fingerprint density at radius 2 is 1.75 bits per heavy atom. The Kier molecular flexibility index (Phi) is 5.05. The molecule has 1 N–H and O–H groups in total. The van der Waals surface area contributed by atoms with Crippen LogP contribution in [0, 0.1) is 11.8 Å². The molecule has 3 nitrogen and oxygen atoms in total. The Morgan fingerprint density at radius 1 is 1.15 bits per heavy atom. The van der Waals surface area contributed by atoms with Crippen LogP contribution in [0.3, 0.4) is 0 Å². The van der Waals surface area contributed by atoms with E-state index < -0.39 is 0 Å². The van der Waals surface area contributed by atoms with Crippen molar-refractivity contribution in [3.63, 3.8) is 0 Å². The summed E-state index contributed by atoms with van der Waals surface area (Å²) in [6.07, 6.45) is 3.92. The largest absolute Gasteiger partial charge is 0.446 e. The summed E-state index contributed by atoms with van der Waals surface area (Å²) >= 11 is 0. The van der Waals surface area contributed by atoms with Crippen molar-refractivity contribution >= 4 is 11.8 Å². The Morgan fingerprint density at radius 3 is 2.30 bits per heavy atom. The molecule has 0 unspecified atom stereocenters. The summed E-state index contributed by atoms with van der Waals surface area (Å²) in [5, 5.41) is 2.81. The molecule has 1 aliphatic carbocycles. The van der Waals surface area contributed by atoms with E-state index in [4.69, 9.17) is 4.74 Å². The maximum Gasteiger partial charge on any atom is 0.411 e. The Labute approximate surface area is 121 Å². The highest BCUT2D eigenvalue weighted by Gasteiger charge is 2.26. The number of aryl methyl sites for hydroxylation is 1. The topological polar surface area (TPSA) is 38.3 Å². The highest BCUT2D eigenvalue weighted by molar-refractivity contribution is 5.84. The van der Waals surface area contributed by atoms with Gasteiger partial charge in [-0.15, -0.1) is 0 Å². The molecule has 1 aromatic carbocycles. The number of carbonyl (C=O) groups is 1. The van der Waals surface area contributed by atoms with Crippen LogP contribution in [0.25, 0.3) is 0 Å². The summed E-state index contributed by atoms with van der Waals surface area (Å²) in [5.74, 6) is 1.28. The zero-order chi connectivity index (χ0) is 14.5. The third-order valence-electron chi connectivity index (χ3n) is 4.02. The van der Waals surface area contributed by atoms with Gasteiger partial charge >= 0.3 is 6.09 Å². The predicted molar refractivity (Wildman–Crippen MR) is 81.9 cm³/mol. The molecular formula is C17H25NO2. The van der Waals surface area contributed by atoms with Crippen LogP contribution in [0.4, 0.5) is 10.5 Å². The van der Waals surface area contributed by atoms with E-state index in [1.807, 2.05) is 24.3 Å². The van der Waals surface area contributed by atoms with Crippen LogP contribution in [-0.2, 0) is 11.2 Å². The third kappa shape index (κ3) is 4.26. The van der Waals surface area contributed by atoms with Gasteiger partial charge in [-0.2, -0.15) is 0 Å². The lowest BCUT2D eigenvalue weighted by atomic mass is 9.82. The first-order chi connectivity index (χ1) is 9.56. The first kappa shape index (κ1) is 14.9. The Bertz CT molecular complexity index is 431. The van der Waals surface area contributed by atoms with Crippen LogP contribution in [-0.4, -0.2) is 12.2 Å². The summed E-state index contributed by atoms with van der Waals surface area (Å²) in [5.41, 5.74) is 2.06. The van der Waals surface area contributed by atoms with Gasteiger partial charge < -0.3 is 4.74 Å². The number of rotatable bonds is 3. The number of nitrogens with one attached hydrogen (secondary N) is 1. The van der Waals surface area contributed by atoms with Gasteiger partial charge in [0, 0.05) is 5.69 Å². The fourth-order valence-corrected chi connectivity index (χ4v) is 3.09. The molecule has 1 saturated carbocycles. The van der Waals surface area contributed by atoms with Crippen LogP contribution in [0.5, 0.6) is 0 Å². The highest BCUT2D eigenvalue weighted by Crippen LogP contribution is 2.30. The second kappa shape index (κ2) is 6.78. The molecule has 0 heterocycles. The van der Waals surface area contributed by atoms with Gasteiger partial charge in [-0.3, -0.25) is 5.32 Å². The minimum Gasteiger partial charge on any atom is -0.446 e. The molecule has 0 spiro atoms. The number of carbonyl (C=O) groups excluding carboxylic acids is 1. The van der Waals surface area contributed by atoms with Crippen LogP contribution < -0.4 is 5.32 Å².